The Morgan fingerprint density at radius 1 is 1.47 bits per heavy atom. The predicted octanol–water partition coefficient (Wildman–Crippen LogP) is 0.855. The summed E-state index contributed by atoms with van der Waals surface area (Å²) in [5, 5.41) is 9.61. The second-order valence-corrected chi connectivity index (χ2v) is 3.21. The molecule has 0 fully saturated rings. The Labute approximate surface area is 88.7 Å². The monoisotopic (exact) mass is 209 g/mol. The van der Waals surface area contributed by atoms with Crippen LogP contribution in [0.3, 0.4) is 0 Å². The molecule has 0 aliphatic heterocycles. The van der Waals surface area contributed by atoms with Crippen molar-refractivity contribution in [3.8, 4) is 0 Å². The summed E-state index contributed by atoms with van der Waals surface area (Å²) >= 11 is 0. The lowest BCUT2D eigenvalue weighted by Gasteiger charge is -2.09. The van der Waals surface area contributed by atoms with Crippen molar-refractivity contribution in [1.29, 1.82) is 0 Å². The van der Waals surface area contributed by atoms with Crippen LogP contribution in [0.2, 0.25) is 0 Å². The Bertz CT molecular complexity index is 321. The van der Waals surface area contributed by atoms with Crippen LogP contribution in [0.15, 0.2) is 24.3 Å². The maximum absolute atomic E-state index is 11.1. The van der Waals surface area contributed by atoms with Crippen molar-refractivity contribution in [1.82, 2.24) is 0 Å². The molecule has 1 unspecified atom stereocenters. The topological polar surface area (TPSA) is 72.5 Å². The van der Waals surface area contributed by atoms with E-state index >= 15 is 0 Å². The molecule has 1 aromatic rings. The molecule has 0 aliphatic rings. The summed E-state index contributed by atoms with van der Waals surface area (Å²) in [4.78, 5) is 11.1. The minimum Gasteiger partial charge on any atom is -0.465 e. The highest BCUT2D eigenvalue weighted by Gasteiger charge is 2.08. The zero-order chi connectivity index (χ0) is 11.3. The van der Waals surface area contributed by atoms with Crippen LogP contribution >= 0.6 is 0 Å². The van der Waals surface area contributed by atoms with Gasteiger partial charge in [-0.3, -0.25) is 0 Å². The molecule has 15 heavy (non-hydrogen) atoms. The number of hydrogen-bond donors (Lipinski definition) is 2. The lowest BCUT2D eigenvalue weighted by Crippen LogP contribution is -2.07. The molecule has 1 rings (SSSR count). The summed E-state index contributed by atoms with van der Waals surface area (Å²) in [5.74, 6) is -0.380. The number of esters is 1. The fourth-order valence-corrected chi connectivity index (χ4v) is 1.28. The molecule has 0 aromatic heterocycles. The summed E-state index contributed by atoms with van der Waals surface area (Å²) in [6, 6.07) is 6.65. The van der Waals surface area contributed by atoms with Gasteiger partial charge >= 0.3 is 5.97 Å². The van der Waals surface area contributed by atoms with Crippen molar-refractivity contribution in [3.63, 3.8) is 0 Å². The lowest BCUT2D eigenvalue weighted by molar-refractivity contribution is 0.0600. The summed E-state index contributed by atoms with van der Waals surface area (Å²) < 4.78 is 4.56. The van der Waals surface area contributed by atoms with Gasteiger partial charge in [0.25, 0.3) is 0 Å². The van der Waals surface area contributed by atoms with Crippen LogP contribution in [0.5, 0.6) is 0 Å². The zero-order valence-electron chi connectivity index (χ0n) is 8.64. The molecule has 4 heteroatoms. The number of hydrogen-bond acceptors (Lipinski definition) is 4. The summed E-state index contributed by atoms with van der Waals surface area (Å²) in [5.41, 5.74) is 6.56. The molecule has 1 atom stereocenters. The van der Waals surface area contributed by atoms with E-state index in [1.807, 2.05) is 0 Å². The number of rotatable bonds is 4. The summed E-state index contributed by atoms with van der Waals surface area (Å²) in [6.45, 7) is 0.430. The Balaban J connectivity index is 2.76. The van der Waals surface area contributed by atoms with E-state index in [9.17, 15) is 9.90 Å². The molecular formula is C11H15NO3. The van der Waals surface area contributed by atoms with Crippen LogP contribution < -0.4 is 5.73 Å². The summed E-state index contributed by atoms with van der Waals surface area (Å²) in [6.07, 6.45) is -0.0564. The van der Waals surface area contributed by atoms with E-state index in [2.05, 4.69) is 4.74 Å². The highest BCUT2D eigenvalue weighted by atomic mass is 16.5. The summed E-state index contributed by atoms with van der Waals surface area (Å²) in [7, 11) is 1.33. The molecule has 1 aromatic carbocycles. The van der Waals surface area contributed by atoms with E-state index in [4.69, 9.17) is 5.73 Å². The largest absolute Gasteiger partial charge is 0.465 e. The van der Waals surface area contributed by atoms with Gasteiger partial charge in [0.1, 0.15) is 0 Å². The third kappa shape index (κ3) is 3.04. The molecule has 3 N–H and O–H groups in total. The zero-order valence-corrected chi connectivity index (χ0v) is 8.64. The Morgan fingerprint density at radius 2 is 2.07 bits per heavy atom. The van der Waals surface area contributed by atoms with Crippen molar-refractivity contribution >= 4 is 5.97 Å². The quantitative estimate of drug-likeness (QED) is 0.721. The number of methoxy groups -OCH3 is 1. The molecule has 0 radical (unpaired) electrons. The average molecular weight is 209 g/mol. The van der Waals surface area contributed by atoms with Gasteiger partial charge in [-0.25, -0.2) is 4.79 Å². The average Bonchev–Trinajstić information content (AvgIpc) is 2.28. The van der Waals surface area contributed by atoms with Crippen LogP contribution in [0.4, 0.5) is 0 Å². The van der Waals surface area contributed by atoms with Crippen molar-refractivity contribution < 1.29 is 14.6 Å². The molecule has 0 spiro atoms. The van der Waals surface area contributed by atoms with Crippen molar-refractivity contribution in [2.75, 3.05) is 13.7 Å². The fraction of sp³-hybridized carbons (Fsp3) is 0.364. The Morgan fingerprint density at radius 3 is 2.53 bits per heavy atom. The fourth-order valence-electron chi connectivity index (χ4n) is 1.28. The SMILES string of the molecule is COC(=O)c1ccc(C(O)CCN)cc1. The van der Waals surface area contributed by atoms with E-state index in [0.29, 0.717) is 18.5 Å². The van der Waals surface area contributed by atoms with Crippen LogP contribution in [0.25, 0.3) is 0 Å². The van der Waals surface area contributed by atoms with Gasteiger partial charge in [-0.05, 0) is 30.7 Å². The Kier molecular flexibility index (Phi) is 4.27. The van der Waals surface area contributed by atoms with Gasteiger partial charge in [0, 0.05) is 0 Å². The van der Waals surface area contributed by atoms with Crippen molar-refractivity contribution in [2.24, 2.45) is 5.73 Å². The smallest absolute Gasteiger partial charge is 0.337 e. The molecule has 0 saturated heterocycles. The number of benzene rings is 1. The van der Waals surface area contributed by atoms with Gasteiger partial charge in [0.15, 0.2) is 0 Å². The maximum atomic E-state index is 11.1. The molecule has 0 aliphatic carbocycles. The third-order valence-corrected chi connectivity index (χ3v) is 2.16. The van der Waals surface area contributed by atoms with Crippen LogP contribution in [0, 0.1) is 0 Å². The molecule has 0 amide bonds. The molecule has 0 bridgehead atoms. The van der Waals surface area contributed by atoms with Crippen LogP contribution in [-0.2, 0) is 4.74 Å². The van der Waals surface area contributed by atoms with Gasteiger partial charge < -0.3 is 15.6 Å². The van der Waals surface area contributed by atoms with Crippen molar-refractivity contribution in [3.05, 3.63) is 35.4 Å². The third-order valence-electron chi connectivity index (χ3n) is 2.16. The van der Waals surface area contributed by atoms with E-state index in [0.717, 1.165) is 5.56 Å². The van der Waals surface area contributed by atoms with Gasteiger partial charge in [-0.1, -0.05) is 12.1 Å². The minimum absolute atomic E-state index is 0.380. The van der Waals surface area contributed by atoms with E-state index in [-0.39, 0.29) is 5.97 Å². The molecule has 82 valence electrons. The molecule has 0 saturated carbocycles. The lowest BCUT2D eigenvalue weighted by atomic mass is 10.0. The van der Waals surface area contributed by atoms with E-state index in [1.54, 1.807) is 24.3 Å². The van der Waals surface area contributed by atoms with E-state index in [1.165, 1.54) is 7.11 Å². The second kappa shape index (κ2) is 5.48. The molecule has 0 heterocycles. The first-order valence-electron chi connectivity index (χ1n) is 4.75. The highest BCUT2D eigenvalue weighted by molar-refractivity contribution is 5.89. The number of nitrogens with two attached hydrogens (primary N) is 1. The number of carbonyl (C=O) groups excluding carboxylic acids is 1. The number of aliphatic hydroxyl groups is 1. The van der Waals surface area contributed by atoms with Gasteiger partial charge in [0.05, 0.1) is 18.8 Å². The van der Waals surface area contributed by atoms with Gasteiger partial charge in [-0.2, -0.15) is 0 Å². The Hall–Kier alpha value is -1.39. The number of aliphatic hydroxyl groups excluding tert-OH is 1. The first-order valence-corrected chi connectivity index (χ1v) is 4.75. The highest BCUT2D eigenvalue weighted by Crippen LogP contribution is 2.16. The number of carbonyl (C=O) groups is 1. The van der Waals surface area contributed by atoms with Crippen LogP contribution in [0.1, 0.15) is 28.4 Å². The van der Waals surface area contributed by atoms with Crippen LogP contribution in [-0.4, -0.2) is 24.7 Å². The van der Waals surface area contributed by atoms with Crippen molar-refractivity contribution in [2.45, 2.75) is 12.5 Å². The standard InChI is InChI=1S/C11H15NO3/c1-15-11(14)9-4-2-8(3-5-9)10(13)6-7-12/h2-5,10,13H,6-7,12H2,1H3. The first kappa shape index (κ1) is 11.7. The number of ether oxygens (including phenoxy) is 1. The normalized spacial score (nSPS) is 12.2. The maximum Gasteiger partial charge on any atom is 0.337 e. The molecular weight excluding hydrogens is 194 g/mol. The molecule has 4 nitrogen and oxygen atoms in total. The van der Waals surface area contributed by atoms with Gasteiger partial charge in [0.2, 0.25) is 0 Å². The first-order chi connectivity index (χ1) is 7.19. The van der Waals surface area contributed by atoms with Gasteiger partial charge in [-0.15, -0.1) is 0 Å². The second-order valence-electron chi connectivity index (χ2n) is 3.21. The predicted molar refractivity (Wildman–Crippen MR) is 56.4 cm³/mol. The minimum atomic E-state index is -0.568. The van der Waals surface area contributed by atoms with E-state index < -0.39 is 6.10 Å².